The highest BCUT2D eigenvalue weighted by Crippen LogP contribution is 2.27. The molecule has 3 rings (SSSR count). The quantitative estimate of drug-likeness (QED) is 0.427. The van der Waals surface area contributed by atoms with Crippen LogP contribution >= 0.6 is 0 Å². The van der Waals surface area contributed by atoms with Gasteiger partial charge in [-0.25, -0.2) is 15.4 Å². The van der Waals surface area contributed by atoms with Gasteiger partial charge in [0.2, 0.25) is 5.95 Å². The van der Waals surface area contributed by atoms with E-state index in [0.717, 1.165) is 13.1 Å². The summed E-state index contributed by atoms with van der Waals surface area (Å²) in [7, 11) is 0. The SMILES string of the molecule is O=C(NO)c1cnc(N2CC3NC[C@H]32)nc1. The van der Waals surface area contributed by atoms with Crippen LogP contribution < -0.4 is 15.7 Å². The van der Waals surface area contributed by atoms with E-state index in [1.165, 1.54) is 12.4 Å². The maximum Gasteiger partial charge on any atom is 0.277 e. The number of nitrogens with zero attached hydrogens (tertiary/aromatic N) is 3. The molecule has 0 spiro atoms. The van der Waals surface area contributed by atoms with Crippen molar-refractivity contribution in [3.63, 3.8) is 0 Å². The van der Waals surface area contributed by atoms with Gasteiger partial charge in [-0.05, 0) is 0 Å². The fraction of sp³-hybridized carbons (Fsp3) is 0.444. The summed E-state index contributed by atoms with van der Waals surface area (Å²) in [5.74, 6) is 0.0376. The highest BCUT2D eigenvalue weighted by molar-refractivity contribution is 5.92. The molecule has 7 heteroatoms. The van der Waals surface area contributed by atoms with Gasteiger partial charge in [-0.15, -0.1) is 0 Å². The molecular formula is C9H11N5O2. The van der Waals surface area contributed by atoms with E-state index in [4.69, 9.17) is 5.21 Å². The van der Waals surface area contributed by atoms with Crippen molar-refractivity contribution in [2.24, 2.45) is 0 Å². The fourth-order valence-electron chi connectivity index (χ4n) is 1.99. The summed E-state index contributed by atoms with van der Waals surface area (Å²) in [6.45, 7) is 1.88. The first-order valence-corrected chi connectivity index (χ1v) is 5.06. The summed E-state index contributed by atoms with van der Waals surface area (Å²) in [6.07, 6.45) is 2.82. The Kier molecular flexibility index (Phi) is 2.01. The first-order chi connectivity index (χ1) is 7.79. The summed E-state index contributed by atoms with van der Waals surface area (Å²) in [4.78, 5) is 21.3. The summed E-state index contributed by atoms with van der Waals surface area (Å²) < 4.78 is 0. The van der Waals surface area contributed by atoms with Crippen molar-refractivity contribution in [1.82, 2.24) is 20.8 Å². The second kappa shape index (κ2) is 3.39. The lowest BCUT2D eigenvalue weighted by Crippen LogP contribution is -2.78. The minimum atomic E-state index is -0.599. The number of carbonyl (C=O) groups is 1. The molecule has 0 bridgehead atoms. The minimum Gasteiger partial charge on any atom is -0.333 e. The van der Waals surface area contributed by atoms with Crippen molar-refractivity contribution in [1.29, 1.82) is 0 Å². The van der Waals surface area contributed by atoms with E-state index in [0.29, 0.717) is 18.0 Å². The van der Waals surface area contributed by atoms with Gasteiger partial charge in [0.1, 0.15) is 0 Å². The molecule has 7 nitrogen and oxygen atoms in total. The molecule has 1 unspecified atom stereocenters. The van der Waals surface area contributed by atoms with E-state index in [2.05, 4.69) is 20.2 Å². The molecule has 1 aromatic heterocycles. The lowest BCUT2D eigenvalue weighted by molar-refractivity contribution is 0.0705. The zero-order valence-corrected chi connectivity index (χ0v) is 8.42. The number of hydrogen-bond donors (Lipinski definition) is 3. The second-order valence-corrected chi connectivity index (χ2v) is 3.95. The molecule has 84 valence electrons. The third-order valence-corrected chi connectivity index (χ3v) is 3.11. The smallest absolute Gasteiger partial charge is 0.277 e. The van der Waals surface area contributed by atoms with Gasteiger partial charge in [-0.1, -0.05) is 0 Å². The van der Waals surface area contributed by atoms with E-state index < -0.39 is 5.91 Å². The van der Waals surface area contributed by atoms with Crippen LogP contribution in [0.2, 0.25) is 0 Å². The van der Waals surface area contributed by atoms with Crippen LogP contribution in [0.15, 0.2) is 12.4 Å². The standard InChI is InChI=1S/C9H11N5O2/c15-8(13-16)5-1-11-9(12-2-5)14-4-6-7(14)3-10-6/h1-2,6-7,10,16H,3-4H2,(H,13,15)/t6?,7-/m1/s1. The second-order valence-electron chi connectivity index (χ2n) is 3.95. The van der Waals surface area contributed by atoms with Crippen molar-refractivity contribution < 1.29 is 10.0 Å². The Morgan fingerprint density at radius 2 is 2.31 bits per heavy atom. The van der Waals surface area contributed by atoms with E-state index in [-0.39, 0.29) is 5.56 Å². The number of amides is 1. The van der Waals surface area contributed by atoms with E-state index >= 15 is 0 Å². The first kappa shape index (κ1) is 9.49. The van der Waals surface area contributed by atoms with Gasteiger partial charge in [-0.3, -0.25) is 10.0 Å². The third kappa shape index (κ3) is 1.25. The Morgan fingerprint density at radius 1 is 1.56 bits per heavy atom. The molecule has 2 fully saturated rings. The van der Waals surface area contributed by atoms with Gasteiger partial charge in [0.25, 0.3) is 5.91 Å². The Balaban J connectivity index is 1.75. The predicted octanol–water partition coefficient (Wildman–Crippen LogP) is -1.24. The predicted molar refractivity (Wildman–Crippen MR) is 54.2 cm³/mol. The van der Waals surface area contributed by atoms with Crippen LogP contribution in [0.3, 0.4) is 0 Å². The molecule has 0 aromatic carbocycles. The fourth-order valence-corrected chi connectivity index (χ4v) is 1.99. The zero-order chi connectivity index (χ0) is 11.1. The average Bonchev–Trinajstić information content (AvgIpc) is 2.32. The molecule has 1 amide bonds. The number of piperazine rings is 1. The number of carbonyl (C=O) groups excluding carboxylic acids is 1. The summed E-state index contributed by atoms with van der Waals surface area (Å²) in [5.41, 5.74) is 1.79. The third-order valence-electron chi connectivity index (χ3n) is 3.11. The Hall–Kier alpha value is -1.73. The highest BCUT2D eigenvalue weighted by Gasteiger charge is 2.46. The topological polar surface area (TPSA) is 90.4 Å². The molecule has 0 saturated carbocycles. The van der Waals surface area contributed by atoms with Gasteiger partial charge in [0.15, 0.2) is 0 Å². The molecular weight excluding hydrogens is 210 g/mol. The summed E-state index contributed by atoms with van der Waals surface area (Å²) in [6, 6.07) is 1.07. The average molecular weight is 221 g/mol. The van der Waals surface area contributed by atoms with Crippen LogP contribution in [-0.2, 0) is 0 Å². The Morgan fingerprint density at radius 3 is 2.75 bits per heavy atom. The molecule has 3 heterocycles. The van der Waals surface area contributed by atoms with Gasteiger partial charge < -0.3 is 10.2 Å². The van der Waals surface area contributed by atoms with Gasteiger partial charge in [0.05, 0.1) is 11.6 Å². The van der Waals surface area contributed by atoms with Crippen LogP contribution in [-0.4, -0.2) is 46.3 Å². The number of nitrogens with one attached hydrogen (secondary N) is 2. The lowest BCUT2D eigenvalue weighted by atomic mass is 9.89. The molecule has 2 aliphatic rings. The van der Waals surface area contributed by atoms with E-state index in [1.54, 1.807) is 5.48 Å². The lowest BCUT2D eigenvalue weighted by Gasteiger charge is -2.55. The Bertz CT molecular complexity index is 420. The van der Waals surface area contributed by atoms with Gasteiger partial charge in [0, 0.05) is 31.5 Å². The van der Waals surface area contributed by atoms with Gasteiger partial charge >= 0.3 is 0 Å². The molecule has 16 heavy (non-hydrogen) atoms. The minimum absolute atomic E-state index is 0.245. The first-order valence-electron chi connectivity index (χ1n) is 5.06. The monoisotopic (exact) mass is 221 g/mol. The van der Waals surface area contributed by atoms with E-state index in [1.807, 2.05) is 0 Å². The van der Waals surface area contributed by atoms with Crippen molar-refractivity contribution in [2.45, 2.75) is 12.1 Å². The number of aromatic nitrogens is 2. The molecule has 1 aromatic rings. The van der Waals surface area contributed by atoms with Crippen molar-refractivity contribution in [3.05, 3.63) is 18.0 Å². The zero-order valence-electron chi connectivity index (χ0n) is 8.42. The summed E-state index contributed by atoms with van der Waals surface area (Å²) >= 11 is 0. The molecule has 0 aliphatic carbocycles. The normalized spacial score (nSPS) is 26.4. The molecule has 2 aliphatic heterocycles. The molecule has 2 atom stereocenters. The largest absolute Gasteiger partial charge is 0.333 e. The van der Waals surface area contributed by atoms with Gasteiger partial charge in [-0.2, -0.15) is 0 Å². The summed E-state index contributed by atoms with van der Waals surface area (Å²) in [5, 5.41) is 11.7. The molecule has 3 N–H and O–H groups in total. The number of fused-ring (bicyclic) bond motifs is 1. The molecule has 2 saturated heterocycles. The van der Waals surface area contributed by atoms with Crippen LogP contribution in [0.5, 0.6) is 0 Å². The highest BCUT2D eigenvalue weighted by atomic mass is 16.5. The van der Waals surface area contributed by atoms with E-state index in [9.17, 15) is 4.79 Å². The van der Waals surface area contributed by atoms with Crippen LogP contribution in [0.1, 0.15) is 10.4 Å². The molecule has 0 radical (unpaired) electrons. The van der Waals surface area contributed by atoms with Crippen LogP contribution in [0.25, 0.3) is 0 Å². The van der Waals surface area contributed by atoms with Crippen molar-refractivity contribution in [3.8, 4) is 0 Å². The maximum atomic E-state index is 11.0. The Labute approximate surface area is 91.5 Å². The number of hydrogen-bond acceptors (Lipinski definition) is 6. The van der Waals surface area contributed by atoms with Crippen molar-refractivity contribution in [2.75, 3.05) is 18.0 Å². The number of anilines is 1. The van der Waals surface area contributed by atoms with Crippen molar-refractivity contribution >= 4 is 11.9 Å². The number of rotatable bonds is 2. The van der Waals surface area contributed by atoms with Crippen LogP contribution in [0, 0.1) is 0 Å². The maximum absolute atomic E-state index is 11.0. The van der Waals surface area contributed by atoms with Crippen LogP contribution in [0.4, 0.5) is 5.95 Å². The number of hydroxylamine groups is 1.